The molecule has 7 nitrogen and oxygen atoms in total. The number of nitrogens with zero attached hydrogens (tertiary/aromatic N) is 3. The number of rotatable bonds is 1. The van der Waals surface area contributed by atoms with E-state index in [4.69, 9.17) is 5.73 Å². The molecular weight excluding hydrogens is 352 g/mol. The molecule has 0 radical (unpaired) electrons. The Morgan fingerprint density at radius 2 is 2.08 bits per heavy atom. The summed E-state index contributed by atoms with van der Waals surface area (Å²) in [5.74, 6) is 0.931. The highest BCUT2D eigenvalue weighted by molar-refractivity contribution is 7.90. The highest BCUT2D eigenvalue weighted by Crippen LogP contribution is 2.37. The standard InChI is InChI=1S/C15H20N4O3S.ClH/c16-13-4-3-10-8-19(9-12(10)13)15(20)11-2-1-5-18-6-7-23(21,22)17-14(11)18;/h1-2,5,10,12-13H,3-4,6-9,16H2;1H. The minimum atomic E-state index is -3.49. The van der Waals surface area contributed by atoms with Gasteiger partial charge in [0.2, 0.25) is 0 Å². The summed E-state index contributed by atoms with van der Waals surface area (Å²) in [5.41, 5.74) is 6.49. The SMILES string of the molecule is Cl.NC1CCC2CN(C(=O)C3=CC=CN4CCS(=O)(=O)N=C34)CC12. The fourth-order valence-corrected chi connectivity index (χ4v) is 5.01. The van der Waals surface area contributed by atoms with E-state index >= 15 is 0 Å². The van der Waals surface area contributed by atoms with Crippen molar-refractivity contribution in [2.45, 2.75) is 18.9 Å². The van der Waals surface area contributed by atoms with Crippen molar-refractivity contribution in [3.8, 4) is 0 Å². The smallest absolute Gasteiger partial charge is 0.257 e. The zero-order chi connectivity index (χ0) is 16.2. The second-order valence-corrected chi connectivity index (χ2v) is 8.45. The van der Waals surface area contributed by atoms with Gasteiger partial charge in [-0.2, -0.15) is 0 Å². The minimum absolute atomic E-state index is 0. The van der Waals surface area contributed by atoms with Crippen molar-refractivity contribution in [3.05, 3.63) is 23.9 Å². The van der Waals surface area contributed by atoms with E-state index in [0.29, 0.717) is 37.0 Å². The highest BCUT2D eigenvalue weighted by Gasteiger charge is 2.44. The molecule has 1 saturated heterocycles. The summed E-state index contributed by atoms with van der Waals surface area (Å²) in [6, 6.07) is 0.168. The quantitative estimate of drug-likeness (QED) is 0.704. The maximum absolute atomic E-state index is 12.9. The Kier molecular flexibility index (Phi) is 4.48. The fraction of sp³-hybridized carbons (Fsp3) is 0.600. The first-order valence-electron chi connectivity index (χ1n) is 7.97. The number of carbonyl (C=O) groups is 1. The summed E-state index contributed by atoms with van der Waals surface area (Å²) in [6.45, 7) is 1.70. The van der Waals surface area contributed by atoms with Gasteiger partial charge in [0, 0.05) is 31.9 Å². The second kappa shape index (κ2) is 6.16. The van der Waals surface area contributed by atoms with E-state index in [2.05, 4.69) is 4.40 Å². The summed E-state index contributed by atoms with van der Waals surface area (Å²) in [4.78, 5) is 16.4. The van der Waals surface area contributed by atoms with Crippen molar-refractivity contribution in [1.29, 1.82) is 0 Å². The van der Waals surface area contributed by atoms with E-state index in [1.807, 2.05) is 0 Å². The van der Waals surface area contributed by atoms with Crippen molar-refractivity contribution in [1.82, 2.24) is 9.80 Å². The third kappa shape index (κ3) is 2.87. The molecule has 132 valence electrons. The number of sulfonamides is 1. The van der Waals surface area contributed by atoms with E-state index in [-0.39, 0.29) is 35.9 Å². The van der Waals surface area contributed by atoms with Gasteiger partial charge in [0.25, 0.3) is 15.9 Å². The molecule has 2 fully saturated rings. The maximum Gasteiger partial charge on any atom is 0.257 e. The van der Waals surface area contributed by atoms with Crippen LogP contribution in [0.3, 0.4) is 0 Å². The largest absolute Gasteiger partial charge is 0.338 e. The molecule has 3 aliphatic heterocycles. The second-order valence-electron chi connectivity index (χ2n) is 6.69. The summed E-state index contributed by atoms with van der Waals surface area (Å²) in [7, 11) is -3.49. The Labute approximate surface area is 147 Å². The van der Waals surface area contributed by atoms with Crippen LogP contribution in [0.4, 0.5) is 0 Å². The molecule has 0 spiro atoms. The van der Waals surface area contributed by atoms with Crippen LogP contribution < -0.4 is 5.73 Å². The first-order valence-corrected chi connectivity index (χ1v) is 9.58. The Bertz CT molecular complexity index is 746. The number of fused-ring (bicyclic) bond motifs is 2. The van der Waals surface area contributed by atoms with Crippen molar-refractivity contribution in [2.75, 3.05) is 25.4 Å². The third-order valence-electron chi connectivity index (χ3n) is 5.29. The zero-order valence-corrected chi connectivity index (χ0v) is 14.8. The molecule has 4 rings (SSSR count). The van der Waals surface area contributed by atoms with Crippen LogP contribution in [-0.4, -0.2) is 61.4 Å². The van der Waals surface area contributed by atoms with Gasteiger partial charge in [-0.1, -0.05) is 0 Å². The number of amidine groups is 1. The number of allylic oxidation sites excluding steroid dienone is 2. The first-order chi connectivity index (χ1) is 10.9. The Morgan fingerprint density at radius 3 is 2.83 bits per heavy atom. The van der Waals surface area contributed by atoms with Crippen molar-refractivity contribution < 1.29 is 13.2 Å². The number of amides is 1. The average molecular weight is 373 g/mol. The molecular formula is C15H21ClN4O3S. The summed E-state index contributed by atoms with van der Waals surface area (Å²) in [6.07, 6.45) is 7.29. The molecule has 2 N–H and O–H groups in total. The molecule has 0 aromatic rings. The molecule has 4 aliphatic rings. The average Bonchev–Trinajstić information content (AvgIpc) is 3.08. The number of likely N-dealkylation sites (tertiary alicyclic amines) is 1. The van der Waals surface area contributed by atoms with E-state index in [1.54, 1.807) is 28.2 Å². The Morgan fingerprint density at radius 1 is 1.29 bits per heavy atom. The number of hydrogen-bond acceptors (Lipinski definition) is 5. The topological polar surface area (TPSA) is 96.1 Å². The van der Waals surface area contributed by atoms with Gasteiger partial charge >= 0.3 is 0 Å². The Balaban J connectivity index is 0.00000169. The number of nitrogens with two attached hydrogens (primary N) is 1. The molecule has 0 aromatic heterocycles. The van der Waals surface area contributed by atoms with Gasteiger partial charge in [0.1, 0.15) is 0 Å². The van der Waals surface area contributed by atoms with Gasteiger partial charge < -0.3 is 15.5 Å². The van der Waals surface area contributed by atoms with E-state index < -0.39 is 10.0 Å². The van der Waals surface area contributed by atoms with E-state index in [0.717, 1.165) is 12.8 Å². The lowest BCUT2D eigenvalue weighted by molar-refractivity contribution is -0.126. The molecule has 1 saturated carbocycles. The lowest BCUT2D eigenvalue weighted by Crippen LogP contribution is -2.43. The monoisotopic (exact) mass is 372 g/mol. The van der Waals surface area contributed by atoms with Gasteiger partial charge in [-0.05, 0) is 36.8 Å². The molecule has 3 atom stereocenters. The zero-order valence-electron chi connectivity index (χ0n) is 13.2. The van der Waals surface area contributed by atoms with Gasteiger partial charge in [-0.15, -0.1) is 16.8 Å². The van der Waals surface area contributed by atoms with Crippen molar-refractivity contribution in [3.63, 3.8) is 0 Å². The first kappa shape index (κ1) is 17.4. The molecule has 1 amide bonds. The molecule has 3 heterocycles. The molecule has 0 bridgehead atoms. The van der Waals surface area contributed by atoms with Crippen LogP contribution in [0.15, 0.2) is 28.3 Å². The molecule has 0 aromatic carbocycles. The van der Waals surface area contributed by atoms with Crippen molar-refractivity contribution in [2.24, 2.45) is 22.0 Å². The van der Waals surface area contributed by atoms with E-state index in [1.165, 1.54) is 0 Å². The predicted molar refractivity (Wildman–Crippen MR) is 93.2 cm³/mol. The van der Waals surface area contributed by atoms with Gasteiger partial charge in [0.15, 0.2) is 5.84 Å². The van der Waals surface area contributed by atoms with E-state index in [9.17, 15) is 13.2 Å². The van der Waals surface area contributed by atoms with Gasteiger partial charge in [-0.3, -0.25) is 4.79 Å². The van der Waals surface area contributed by atoms with Gasteiger partial charge in [0.05, 0.1) is 11.3 Å². The van der Waals surface area contributed by atoms with Crippen LogP contribution in [0.25, 0.3) is 0 Å². The number of carbonyl (C=O) groups excluding carboxylic acids is 1. The normalized spacial score (nSPS) is 33.3. The van der Waals surface area contributed by atoms with Crippen LogP contribution in [0.1, 0.15) is 12.8 Å². The Hall–Kier alpha value is -1.38. The van der Waals surface area contributed by atoms with Gasteiger partial charge in [-0.25, -0.2) is 8.42 Å². The third-order valence-corrected chi connectivity index (χ3v) is 6.44. The van der Waals surface area contributed by atoms with Crippen LogP contribution in [0, 0.1) is 11.8 Å². The number of halogens is 1. The molecule has 24 heavy (non-hydrogen) atoms. The summed E-state index contributed by atoms with van der Waals surface area (Å²) in [5, 5.41) is 0. The van der Waals surface area contributed by atoms with Crippen molar-refractivity contribution >= 4 is 34.2 Å². The predicted octanol–water partition coefficient (Wildman–Crippen LogP) is 0.102. The molecule has 3 unspecified atom stereocenters. The summed E-state index contributed by atoms with van der Waals surface area (Å²) >= 11 is 0. The van der Waals surface area contributed by atoms with Crippen LogP contribution in [0.5, 0.6) is 0 Å². The lowest BCUT2D eigenvalue weighted by Gasteiger charge is -2.30. The van der Waals surface area contributed by atoms with Crippen LogP contribution >= 0.6 is 12.4 Å². The van der Waals surface area contributed by atoms with Crippen LogP contribution in [-0.2, 0) is 14.8 Å². The fourth-order valence-electron chi connectivity index (χ4n) is 4.03. The maximum atomic E-state index is 12.9. The minimum Gasteiger partial charge on any atom is -0.338 e. The van der Waals surface area contributed by atoms with Crippen LogP contribution in [0.2, 0.25) is 0 Å². The molecule has 9 heteroatoms. The molecule has 1 aliphatic carbocycles. The highest BCUT2D eigenvalue weighted by atomic mass is 35.5. The summed E-state index contributed by atoms with van der Waals surface area (Å²) < 4.78 is 27.4. The lowest BCUT2D eigenvalue weighted by atomic mass is 9.98. The number of hydrogen-bond donors (Lipinski definition) is 1.